The van der Waals surface area contributed by atoms with Crippen LogP contribution >= 0.6 is 0 Å². The van der Waals surface area contributed by atoms with Gasteiger partial charge in [0.05, 0.1) is 0 Å². The number of hydrogen-bond donors (Lipinski definition) is 0. The third-order valence-electron chi connectivity index (χ3n) is 0.471. The van der Waals surface area contributed by atoms with Gasteiger partial charge < -0.3 is 0 Å². The van der Waals surface area contributed by atoms with Crippen molar-refractivity contribution in [3.8, 4) is 0 Å². The van der Waals surface area contributed by atoms with Crippen molar-refractivity contribution >= 4 is 28.0 Å². The Hall–Kier alpha value is 0.554. The van der Waals surface area contributed by atoms with Crippen molar-refractivity contribution in [2.45, 2.75) is 4.21 Å². The molecule has 0 aromatic rings. The van der Waals surface area contributed by atoms with Gasteiger partial charge in [-0.15, -0.1) is 0 Å². The second kappa shape index (κ2) is 2.77. The number of allylic oxidation sites excluding steroid dienone is 1. The van der Waals surface area contributed by atoms with E-state index in [2.05, 4.69) is 24.3 Å². The second-order valence-corrected chi connectivity index (χ2v) is 3.30. The van der Waals surface area contributed by atoms with Crippen LogP contribution in [0.15, 0.2) is 12.7 Å². The monoisotopic (exact) mass is 78.0 g/mol. The van der Waals surface area contributed by atoms with E-state index in [4.69, 9.17) is 0 Å². The zero-order chi connectivity index (χ0) is 4.28. The summed E-state index contributed by atoms with van der Waals surface area (Å²) in [7, 11) is 1.25. The van der Waals surface area contributed by atoms with E-state index in [9.17, 15) is 0 Å². The van der Waals surface area contributed by atoms with Crippen molar-refractivity contribution in [3.05, 3.63) is 12.7 Å². The minimum atomic E-state index is 0.787. The van der Waals surface area contributed by atoms with E-state index in [1.54, 1.807) is 0 Å². The van der Waals surface area contributed by atoms with Gasteiger partial charge in [-0.25, -0.2) is 0 Å². The first-order valence-electron chi connectivity index (χ1n) is 1.90. The summed E-state index contributed by atoms with van der Waals surface area (Å²) in [6, 6.07) is 0. The molecular formula is C3H7LiSi. The third kappa shape index (κ3) is 4.55. The fourth-order valence-corrected chi connectivity index (χ4v) is 0. The van der Waals surface area contributed by atoms with E-state index in [-0.39, 0.29) is 0 Å². The van der Waals surface area contributed by atoms with Crippen molar-refractivity contribution in [1.82, 2.24) is 0 Å². The maximum absolute atomic E-state index is 3.59. The summed E-state index contributed by atoms with van der Waals surface area (Å²) in [5.41, 5.74) is 0. The molecule has 0 aromatic carbocycles. The molecule has 0 heterocycles. The Morgan fingerprint density at radius 3 is 2.20 bits per heavy atom. The van der Waals surface area contributed by atoms with Gasteiger partial charge in [-0.3, -0.25) is 0 Å². The van der Waals surface area contributed by atoms with Gasteiger partial charge >= 0.3 is 44.8 Å². The molecule has 0 saturated carbocycles. The van der Waals surface area contributed by atoms with Crippen molar-refractivity contribution in [3.63, 3.8) is 0 Å². The predicted molar refractivity (Wildman–Crippen MR) is 29.6 cm³/mol. The molecule has 0 amide bonds. The molecule has 0 aliphatic heterocycles. The van der Waals surface area contributed by atoms with E-state index in [1.807, 2.05) is 6.08 Å². The van der Waals surface area contributed by atoms with E-state index >= 15 is 0 Å². The zero-order valence-corrected chi connectivity index (χ0v) is 5.86. The van der Waals surface area contributed by atoms with E-state index in [0.717, 1.165) is 4.21 Å². The Balaban J connectivity index is 2.83. The van der Waals surface area contributed by atoms with Gasteiger partial charge in [0.15, 0.2) is 0 Å². The van der Waals surface area contributed by atoms with E-state index < -0.39 is 0 Å². The summed E-state index contributed by atoms with van der Waals surface area (Å²) in [5, 5.41) is 0. The fraction of sp³-hybridized carbons (Fsp3) is 0.333. The molecule has 0 saturated heterocycles. The van der Waals surface area contributed by atoms with Gasteiger partial charge in [0.1, 0.15) is 0 Å². The molecule has 5 heavy (non-hydrogen) atoms. The molecule has 0 nitrogen and oxygen atoms in total. The molecule has 1 unspecified atom stereocenters. The molecule has 0 aliphatic carbocycles. The molecule has 0 spiro atoms. The van der Waals surface area contributed by atoms with Crippen LogP contribution < -0.4 is 0 Å². The van der Waals surface area contributed by atoms with Crippen LogP contribution in [0.3, 0.4) is 0 Å². The zero-order valence-electron chi connectivity index (χ0n) is 3.86. The summed E-state index contributed by atoms with van der Waals surface area (Å²) in [4.78, 5) is 0. The molecular weight excluding hydrogens is 71.1 g/mol. The second-order valence-electron chi connectivity index (χ2n) is 1.48. The molecule has 2 heteroatoms. The average molecular weight is 78.1 g/mol. The van der Waals surface area contributed by atoms with Gasteiger partial charge in [0.25, 0.3) is 0 Å². The van der Waals surface area contributed by atoms with Gasteiger partial charge in [-0.05, 0) is 0 Å². The molecule has 0 rings (SSSR count). The molecule has 0 aliphatic rings. The van der Waals surface area contributed by atoms with Crippen LogP contribution in [0, 0.1) is 0 Å². The standard InChI is InChI=1S/C3H7Si.Li/c1-2-3-4;/h2-3H,1H2,4H3;. The van der Waals surface area contributed by atoms with Crippen LogP contribution in [-0.2, 0) is 0 Å². The molecule has 0 bridgehead atoms. The first kappa shape index (κ1) is 5.55. The fourth-order valence-electron chi connectivity index (χ4n) is 0. The number of rotatable bonds is 1. The van der Waals surface area contributed by atoms with Crippen LogP contribution in [0.25, 0.3) is 0 Å². The third-order valence-corrected chi connectivity index (χ3v) is 0.943. The first-order valence-corrected chi connectivity index (χ1v) is 3.05. The van der Waals surface area contributed by atoms with Crippen molar-refractivity contribution in [2.75, 3.05) is 0 Å². The molecule has 1 atom stereocenters. The first-order chi connectivity index (χ1) is 2.27. The van der Waals surface area contributed by atoms with E-state index in [0.29, 0.717) is 0 Å². The molecule has 0 radical (unpaired) electrons. The summed E-state index contributed by atoms with van der Waals surface area (Å²) in [6.45, 7) is 3.59. The molecule has 0 aromatic heterocycles. The van der Waals surface area contributed by atoms with Gasteiger partial charge in [0, 0.05) is 0 Å². The molecule has 0 fully saturated rings. The Labute approximate surface area is 45.3 Å². The van der Waals surface area contributed by atoms with Crippen LogP contribution in [0.2, 0.25) is 4.21 Å². The minimum absolute atomic E-state index is 0.787. The summed E-state index contributed by atoms with van der Waals surface area (Å²) >= 11 is 2.17. The molecule has 24 valence electrons. The Kier molecular flexibility index (Phi) is 3.08. The number of hydrogen-bond acceptors (Lipinski definition) is 0. The topological polar surface area (TPSA) is 0 Å². The van der Waals surface area contributed by atoms with Gasteiger partial charge in [0.2, 0.25) is 0 Å². The predicted octanol–water partition coefficient (Wildman–Crippen LogP) is -0.548. The Bertz CT molecular complexity index is 33.9. The quantitative estimate of drug-likeness (QED) is 0.292. The maximum atomic E-state index is 3.59. The average Bonchev–Trinajstić information content (AvgIpc) is 1.38. The normalized spacial score (nSPS) is 14.8. The summed E-state index contributed by atoms with van der Waals surface area (Å²) in [5.74, 6) is 0. The van der Waals surface area contributed by atoms with Gasteiger partial charge in [-0.1, -0.05) is 0 Å². The molecule has 0 N–H and O–H groups in total. The van der Waals surface area contributed by atoms with Crippen LogP contribution in [0.5, 0.6) is 0 Å². The van der Waals surface area contributed by atoms with Crippen LogP contribution in [-0.4, -0.2) is 28.0 Å². The summed E-state index contributed by atoms with van der Waals surface area (Å²) in [6.07, 6.45) is 1.98. The van der Waals surface area contributed by atoms with Gasteiger partial charge in [-0.2, -0.15) is 0 Å². The van der Waals surface area contributed by atoms with E-state index in [1.165, 1.54) is 10.2 Å². The van der Waals surface area contributed by atoms with Crippen LogP contribution in [0.1, 0.15) is 0 Å². The summed E-state index contributed by atoms with van der Waals surface area (Å²) < 4.78 is 0.787. The Morgan fingerprint density at radius 2 is 2.20 bits per heavy atom. The SMILES string of the molecule is [Li][CH]([SiH3])C=C. The Morgan fingerprint density at radius 1 is 2.00 bits per heavy atom. The van der Waals surface area contributed by atoms with Crippen LogP contribution in [0.4, 0.5) is 0 Å². The van der Waals surface area contributed by atoms with Crippen molar-refractivity contribution in [1.29, 1.82) is 0 Å². The van der Waals surface area contributed by atoms with Crippen molar-refractivity contribution < 1.29 is 0 Å². The van der Waals surface area contributed by atoms with Crippen molar-refractivity contribution in [2.24, 2.45) is 0 Å².